The average Bonchev–Trinajstić information content (AvgIpc) is 3.54. The minimum absolute atomic E-state index is 0.104. The van der Waals surface area contributed by atoms with Crippen molar-refractivity contribution in [3.05, 3.63) is 83.4 Å². The zero-order valence-corrected chi connectivity index (χ0v) is 17.8. The quantitative estimate of drug-likeness (QED) is 0.465. The van der Waals surface area contributed by atoms with E-state index >= 15 is 0 Å². The van der Waals surface area contributed by atoms with Crippen LogP contribution in [0.2, 0.25) is 5.02 Å². The Labute approximate surface area is 189 Å². The van der Waals surface area contributed by atoms with Gasteiger partial charge in [-0.15, -0.1) is 0 Å². The van der Waals surface area contributed by atoms with E-state index in [1.165, 1.54) is 4.80 Å². The number of hydrogen-bond donors (Lipinski definition) is 0. The lowest BCUT2D eigenvalue weighted by molar-refractivity contribution is -0.00165. The Balaban J connectivity index is 1.42. The van der Waals surface area contributed by atoms with Crippen molar-refractivity contribution < 1.29 is 9.53 Å². The SMILES string of the molecule is O=C(c1ccc(Cl)cc1-n1nccn1)N1CCOCC1Cc1cccc(-n2nccn2)c1. The number of benzene rings is 2. The van der Waals surface area contributed by atoms with Crippen LogP contribution in [0.5, 0.6) is 0 Å². The van der Waals surface area contributed by atoms with Crippen LogP contribution in [0.25, 0.3) is 11.4 Å². The van der Waals surface area contributed by atoms with Gasteiger partial charge >= 0.3 is 0 Å². The molecule has 1 amide bonds. The van der Waals surface area contributed by atoms with E-state index in [9.17, 15) is 4.79 Å². The minimum atomic E-state index is -0.119. The second kappa shape index (κ2) is 8.89. The number of carbonyl (C=O) groups is 1. The number of hydrogen-bond acceptors (Lipinski definition) is 6. The summed E-state index contributed by atoms with van der Waals surface area (Å²) in [7, 11) is 0. The minimum Gasteiger partial charge on any atom is -0.377 e. The zero-order chi connectivity index (χ0) is 21.9. The highest BCUT2D eigenvalue weighted by Crippen LogP contribution is 2.24. The maximum atomic E-state index is 13.6. The third-order valence-corrected chi connectivity index (χ3v) is 5.58. The molecule has 10 heteroatoms. The van der Waals surface area contributed by atoms with E-state index in [2.05, 4.69) is 20.4 Å². The Bertz CT molecular complexity index is 1210. The number of halogens is 1. The second-order valence-electron chi connectivity index (χ2n) is 7.40. The van der Waals surface area contributed by atoms with Crippen LogP contribution in [0.4, 0.5) is 0 Å². The molecule has 1 fully saturated rings. The van der Waals surface area contributed by atoms with Crippen molar-refractivity contribution in [3.63, 3.8) is 0 Å². The van der Waals surface area contributed by atoms with Gasteiger partial charge in [-0.05, 0) is 42.3 Å². The molecule has 2 aromatic carbocycles. The Morgan fingerprint density at radius 2 is 1.75 bits per heavy atom. The molecule has 9 nitrogen and oxygen atoms in total. The van der Waals surface area contributed by atoms with Gasteiger partial charge < -0.3 is 9.64 Å². The summed E-state index contributed by atoms with van der Waals surface area (Å²) in [6, 6.07) is 13.0. The van der Waals surface area contributed by atoms with Crippen molar-refractivity contribution in [3.8, 4) is 11.4 Å². The fraction of sp³-hybridized carbons (Fsp3) is 0.227. The maximum absolute atomic E-state index is 13.6. The molecule has 0 spiro atoms. The van der Waals surface area contributed by atoms with Crippen LogP contribution in [0.3, 0.4) is 0 Å². The normalized spacial score (nSPS) is 16.3. The first kappa shape index (κ1) is 20.3. The van der Waals surface area contributed by atoms with Gasteiger partial charge in [-0.3, -0.25) is 4.79 Å². The summed E-state index contributed by atoms with van der Waals surface area (Å²) in [6.07, 6.45) is 7.05. The van der Waals surface area contributed by atoms with E-state index in [1.54, 1.807) is 47.8 Å². The van der Waals surface area contributed by atoms with Crippen LogP contribution in [0.1, 0.15) is 15.9 Å². The molecule has 1 unspecified atom stereocenters. The summed E-state index contributed by atoms with van der Waals surface area (Å²) in [4.78, 5) is 18.5. The van der Waals surface area contributed by atoms with Gasteiger partial charge in [-0.1, -0.05) is 23.7 Å². The molecule has 0 N–H and O–H groups in total. The summed E-state index contributed by atoms with van der Waals surface area (Å²) < 4.78 is 5.72. The lowest BCUT2D eigenvalue weighted by atomic mass is 10.0. The maximum Gasteiger partial charge on any atom is 0.256 e. The standard InChI is InChI=1S/C22H20ClN7O2/c23-17-4-5-20(21(14-17)30-26-8-9-27-30)22(31)28-10-11-32-15-19(28)13-16-2-1-3-18(12-16)29-24-6-7-25-29/h1-9,12,14,19H,10-11,13,15H2. The van der Waals surface area contributed by atoms with E-state index in [1.807, 2.05) is 29.2 Å². The molecule has 0 bridgehead atoms. The number of morpholine rings is 1. The molecule has 4 aromatic rings. The van der Waals surface area contributed by atoms with Crippen molar-refractivity contribution in [2.45, 2.75) is 12.5 Å². The molecule has 1 atom stereocenters. The van der Waals surface area contributed by atoms with Crippen molar-refractivity contribution >= 4 is 17.5 Å². The van der Waals surface area contributed by atoms with E-state index in [-0.39, 0.29) is 11.9 Å². The summed E-state index contributed by atoms with van der Waals surface area (Å²) in [5, 5.41) is 17.2. The van der Waals surface area contributed by atoms with Gasteiger partial charge in [0.1, 0.15) is 0 Å². The van der Waals surface area contributed by atoms with E-state index in [0.717, 1.165) is 11.3 Å². The first-order chi connectivity index (χ1) is 15.7. The van der Waals surface area contributed by atoms with Crippen molar-refractivity contribution in [2.75, 3.05) is 19.8 Å². The molecule has 0 radical (unpaired) electrons. The molecule has 1 aliphatic rings. The number of nitrogens with zero attached hydrogens (tertiary/aromatic N) is 7. The Morgan fingerprint density at radius 1 is 1.00 bits per heavy atom. The Kier molecular flexibility index (Phi) is 5.66. The molecule has 2 aromatic heterocycles. The van der Waals surface area contributed by atoms with Gasteiger partial charge in [-0.25, -0.2) is 0 Å². The molecule has 3 heterocycles. The molecule has 0 saturated carbocycles. The monoisotopic (exact) mass is 449 g/mol. The highest BCUT2D eigenvalue weighted by molar-refractivity contribution is 6.31. The van der Waals surface area contributed by atoms with Gasteiger partial charge in [0, 0.05) is 11.6 Å². The van der Waals surface area contributed by atoms with Gasteiger partial charge in [0.15, 0.2) is 0 Å². The summed E-state index contributed by atoms with van der Waals surface area (Å²) in [5.41, 5.74) is 2.97. The molecule has 1 aliphatic heterocycles. The lowest BCUT2D eigenvalue weighted by Crippen LogP contribution is -2.50. The van der Waals surface area contributed by atoms with E-state index in [0.29, 0.717) is 42.5 Å². The molecular weight excluding hydrogens is 430 g/mol. The van der Waals surface area contributed by atoms with Crippen molar-refractivity contribution in [1.82, 2.24) is 34.9 Å². The Morgan fingerprint density at radius 3 is 2.53 bits per heavy atom. The van der Waals surface area contributed by atoms with Crippen LogP contribution < -0.4 is 0 Å². The second-order valence-corrected chi connectivity index (χ2v) is 7.84. The predicted octanol–water partition coefficient (Wildman–Crippen LogP) is 2.59. The fourth-order valence-electron chi connectivity index (χ4n) is 3.87. The Hall–Kier alpha value is -3.56. The van der Waals surface area contributed by atoms with Crippen LogP contribution >= 0.6 is 11.6 Å². The van der Waals surface area contributed by atoms with Gasteiger partial charge in [0.25, 0.3) is 5.91 Å². The van der Waals surface area contributed by atoms with Crippen LogP contribution in [0.15, 0.2) is 67.3 Å². The van der Waals surface area contributed by atoms with Crippen molar-refractivity contribution in [2.24, 2.45) is 0 Å². The highest BCUT2D eigenvalue weighted by atomic mass is 35.5. The fourth-order valence-corrected chi connectivity index (χ4v) is 4.03. The smallest absolute Gasteiger partial charge is 0.256 e. The number of amides is 1. The summed E-state index contributed by atoms with van der Waals surface area (Å²) in [6.45, 7) is 1.44. The van der Waals surface area contributed by atoms with Crippen LogP contribution in [0, 0.1) is 0 Å². The number of carbonyl (C=O) groups excluding carboxylic acids is 1. The van der Waals surface area contributed by atoms with Crippen molar-refractivity contribution in [1.29, 1.82) is 0 Å². The molecular formula is C22H20ClN7O2. The third kappa shape index (κ3) is 4.12. The lowest BCUT2D eigenvalue weighted by Gasteiger charge is -2.36. The van der Waals surface area contributed by atoms with E-state index < -0.39 is 0 Å². The highest BCUT2D eigenvalue weighted by Gasteiger charge is 2.30. The van der Waals surface area contributed by atoms with Gasteiger partial charge in [-0.2, -0.15) is 30.0 Å². The molecule has 5 rings (SSSR count). The van der Waals surface area contributed by atoms with Gasteiger partial charge in [0.05, 0.1) is 61.0 Å². The number of rotatable bonds is 5. The van der Waals surface area contributed by atoms with Crippen LogP contribution in [-0.4, -0.2) is 66.6 Å². The zero-order valence-electron chi connectivity index (χ0n) is 17.1. The molecule has 1 saturated heterocycles. The van der Waals surface area contributed by atoms with Gasteiger partial charge in [0.2, 0.25) is 0 Å². The molecule has 162 valence electrons. The largest absolute Gasteiger partial charge is 0.377 e. The summed E-state index contributed by atoms with van der Waals surface area (Å²) in [5.74, 6) is -0.104. The average molecular weight is 450 g/mol. The third-order valence-electron chi connectivity index (χ3n) is 5.34. The summed E-state index contributed by atoms with van der Waals surface area (Å²) >= 11 is 6.19. The first-order valence-electron chi connectivity index (χ1n) is 10.2. The topological polar surface area (TPSA) is 91.0 Å². The number of ether oxygens (including phenoxy) is 1. The number of aromatic nitrogens is 6. The first-order valence-corrected chi connectivity index (χ1v) is 10.6. The molecule has 32 heavy (non-hydrogen) atoms. The van der Waals surface area contributed by atoms with Crippen LogP contribution in [-0.2, 0) is 11.2 Å². The van der Waals surface area contributed by atoms with E-state index in [4.69, 9.17) is 16.3 Å². The predicted molar refractivity (Wildman–Crippen MR) is 117 cm³/mol. The molecule has 0 aliphatic carbocycles.